The lowest BCUT2D eigenvalue weighted by Gasteiger charge is -2.32. The highest BCUT2D eigenvalue weighted by molar-refractivity contribution is 5.81. The molecular weight excluding hydrogens is 300 g/mol. The Morgan fingerprint density at radius 1 is 1.17 bits per heavy atom. The van der Waals surface area contributed by atoms with Crippen molar-refractivity contribution in [3.05, 3.63) is 65.2 Å². The molecule has 1 atom stereocenters. The van der Waals surface area contributed by atoms with Crippen LogP contribution in [0.4, 0.5) is 0 Å². The molecule has 1 aliphatic heterocycles. The van der Waals surface area contributed by atoms with Crippen LogP contribution < -0.4 is 10.1 Å². The highest BCUT2D eigenvalue weighted by Gasteiger charge is 2.25. The second kappa shape index (κ2) is 7.49. The first-order chi connectivity index (χ1) is 11.7. The second-order valence-electron chi connectivity index (χ2n) is 6.19. The molecule has 1 amide bonds. The van der Waals surface area contributed by atoms with E-state index in [1.807, 2.05) is 31.2 Å². The highest BCUT2D eigenvalue weighted by atomic mass is 16.5. The zero-order valence-corrected chi connectivity index (χ0v) is 14.3. The van der Waals surface area contributed by atoms with Crippen molar-refractivity contribution in [2.75, 3.05) is 13.7 Å². The van der Waals surface area contributed by atoms with Gasteiger partial charge in [-0.05, 0) is 30.5 Å². The van der Waals surface area contributed by atoms with E-state index in [1.54, 1.807) is 7.11 Å². The zero-order valence-electron chi connectivity index (χ0n) is 14.3. The maximum absolute atomic E-state index is 12.5. The Labute approximate surface area is 143 Å². The summed E-state index contributed by atoms with van der Waals surface area (Å²) in [7, 11) is 1.65. The van der Waals surface area contributed by atoms with Crippen molar-refractivity contribution in [2.24, 2.45) is 0 Å². The van der Waals surface area contributed by atoms with Crippen LogP contribution in [0.2, 0.25) is 0 Å². The summed E-state index contributed by atoms with van der Waals surface area (Å²) in [6.45, 7) is 4.21. The van der Waals surface area contributed by atoms with Crippen molar-refractivity contribution in [2.45, 2.75) is 32.5 Å². The van der Waals surface area contributed by atoms with E-state index in [2.05, 4.69) is 34.5 Å². The zero-order chi connectivity index (χ0) is 16.9. The van der Waals surface area contributed by atoms with Gasteiger partial charge in [0, 0.05) is 25.2 Å². The molecule has 0 saturated carbocycles. The van der Waals surface area contributed by atoms with Gasteiger partial charge in [-0.15, -0.1) is 0 Å². The molecule has 24 heavy (non-hydrogen) atoms. The highest BCUT2D eigenvalue weighted by Crippen LogP contribution is 2.21. The molecule has 1 unspecified atom stereocenters. The molecule has 2 aromatic rings. The van der Waals surface area contributed by atoms with Gasteiger partial charge in [0.2, 0.25) is 5.91 Å². The fourth-order valence-corrected chi connectivity index (χ4v) is 3.19. The van der Waals surface area contributed by atoms with Crippen LogP contribution in [-0.2, 0) is 24.3 Å². The van der Waals surface area contributed by atoms with Gasteiger partial charge < -0.3 is 10.1 Å². The number of hydrogen-bond acceptors (Lipinski definition) is 3. The van der Waals surface area contributed by atoms with E-state index in [0.717, 1.165) is 30.8 Å². The molecule has 1 heterocycles. The Balaban J connectivity index is 1.59. The van der Waals surface area contributed by atoms with Crippen LogP contribution in [0.15, 0.2) is 48.5 Å². The molecule has 0 radical (unpaired) electrons. The van der Waals surface area contributed by atoms with Crippen molar-refractivity contribution in [3.8, 4) is 5.75 Å². The molecule has 0 fully saturated rings. The largest absolute Gasteiger partial charge is 0.496 e. The van der Waals surface area contributed by atoms with E-state index >= 15 is 0 Å². The van der Waals surface area contributed by atoms with E-state index in [4.69, 9.17) is 4.74 Å². The number of carbonyl (C=O) groups is 1. The van der Waals surface area contributed by atoms with Crippen LogP contribution in [0.5, 0.6) is 5.75 Å². The monoisotopic (exact) mass is 324 g/mol. The van der Waals surface area contributed by atoms with Gasteiger partial charge in [0.25, 0.3) is 0 Å². The number of carbonyl (C=O) groups excluding carboxylic acids is 1. The van der Waals surface area contributed by atoms with E-state index < -0.39 is 0 Å². The summed E-state index contributed by atoms with van der Waals surface area (Å²) in [5.74, 6) is 0.859. The first-order valence-electron chi connectivity index (χ1n) is 8.39. The van der Waals surface area contributed by atoms with E-state index in [0.29, 0.717) is 6.54 Å². The van der Waals surface area contributed by atoms with E-state index in [1.165, 1.54) is 11.1 Å². The quantitative estimate of drug-likeness (QED) is 0.919. The Kier molecular flexibility index (Phi) is 5.16. The minimum absolute atomic E-state index is 0.0558. The third-order valence-electron chi connectivity index (χ3n) is 4.73. The van der Waals surface area contributed by atoms with Gasteiger partial charge in [-0.25, -0.2) is 0 Å². The average molecular weight is 324 g/mol. The molecule has 4 nitrogen and oxygen atoms in total. The SMILES string of the molecule is COc1ccccc1CNC(=O)C(C)N1CCc2ccccc2C1. The minimum atomic E-state index is -0.145. The van der Waals surface area contributed by atoms with E-state index in [-0.39, 0.29) is 11.9 Å². The lowest BCUT2D eigenvalue weighted by atomic mass is 9.99. The molecule has 1 aliphatic rings. The van der Waals surface area contributed by atoms with E-state index in [9.17, 15) is 4.79 Å². The van der Waals surface area contributed by atoms with Crippen LogP contribution >= 0.6 is 0 Å². The van der Waals surface area contributed by atoms with Gasteiger partial charge in [-0.2, -0.15) is 0 Å². The van der Waals surface area contributed by atoms with Crippen molar-refractivity contribution in [1.82, 2.24) is 10.2 Å². The second-order valence-corrected chi connectivity index (χ2v) is 6.19. The Morgan fingerprint density at radius 3 is 2.67 bits per heavy atom. The molecule has 2 aromatic carbocycles. The Morgan fingerprint density at radius 2 is 1.88 bits per heavy atom. The van der Waals surface area contributed by atoms with Gasteiger partial charge in [0.05, 0.1) is 13.2 Å². The summed E-state index contributed by atoms with van der Waals surface area (Å²) in [5.41, 5.74) is 3.72. The van der Waals surface area contributed by atoms with Crippen LogP contribution in [0.25, 0.3) is 0 Å². The van der Waals surface area contributed by atoms with Gasteiger partial charge in [0.1, 0.15) is 5.75 Å². The van der Waals surface area contributed by atoms with Crippen LogP contribution in [0.3, 0.4) is 0 Å². The molecule has 0 aliphatic carbocycles. The minimum Gasteiger partial charge on any atom is -0.496 e. The third kappa shape index (κ3) is 3.60. The smallest absolute Gasteiger partial charge is 0.237 e. The summed E-state index contributed by atoms with van der Waals surface area (Å²) < 4.78 is 5.33. The van der Waals surface area contributed by atoms with Crippen molar-refractivity contribution >= 4 is 5.91 Å². The van der Waals surface area contributed by atoms with Crippen LogP contribution in [-0.4, -0.2) is 30.5 Å². The molecule has 0 aromatic heterocycles. The molecule has 4 heteroatoms. The lowest BCUT2D eigenvalue weighted by Crippen LogP contribution is -2.46. The number of rotatable bonds is 5. The van der Waals surface area contributed by atoms with Gasteiger partial charge >= 0.3 is 0 Å². The number of benzene rings is 2. The fraction of sp³-hybridized carbons (Fsp3) is 0.350. The van der Waals surface area contributed by atoms with Crippen LogP contribution in [0, 0.1) is 0 Å². The molecule has 0 spiro atoms. The summed E-state index contributed by atoms with van der Waals surface area (Å²) in [4.78, 5) is 14.8. The average Bonchev–Trinajstić information content (AvgIpc) is 2.65. The first kappa shape index (κ1) is 16.5. The van der Waals surface area contributed by atoms with Crippen molar-refractivity contribution < 1.29 is 9.53 Å². The molecular formula is C20H24N2O2. The normalized spacial score (nSPS) is 15.4. The van der Waals surface area contributed by atoms with Crippen molar-refractivity contribution in [1.29, 1.82) is 0 Å². The predicted molar refractivity (Wildman–Crippen MR) is 94.9 cm³/mol. The van der Waals surface area contributed by atoms with Crippen molar-refractivity contribution in [3.63, 3.8) is 0 Å². The number of para-hydroxylation sites is 1. The Bertz CT molecular complexity index is 714. The van der Waals surface area contributed by atoms with Gasteiger partial charge in [-0.3, -0.25) is 9.69 Å². The first-order valence-corrected chi connectivity index (χ1v) is 8.39. The maximum atomic E-state index is 12.5. The van der Waals surface area contributed by atoms with Gasteiger partial charge in [0.15, 0.2) is 0 Å². The molecule has 3 rings (SSSR count). The number of ether oxygens (including phenoxy) is 1. The fourth-order valence-electron chi connectivity index (χ4n) is 3.19. The number of methoxy groups -OCH3 is 1. The summed E-state index contributed by atoms with van der Waals surface area (Å²) in [6, 6.07) is 16.1. The number of amides is 1. The summed E-state index contributed by atoms with van der Waals surface area (Å²) in [6.07, 6.45) is 1.00. The maximum Gasteiger partial charge on any atom is 0.237 e. The topological polar surface area (TPSA) is 41.6 Å². The third-order valence-corrected chi connectivity index (χ3v) is 4.73. The summed E-state index contributed by atoms with van der Waals surface area (Å²) >= 11 is 0. The number of nitrogens with zero attached hydrogens (tertiary/aromatic N) is 1. The molecule has 126 valence electrons. The summed E-state index contributed by atoms with van der Waals surface area (Å²) in [5, 5.41) is 3.03. The lowest BCUT2D eigenvalue weighted by molar-refractivity contribution is -0.126. The van der Waals surface area contributed by atoms with Gasteiger partial charge in [-0.1, -0.05) is 42.5 Å². The molecule has 1 N–H and O–H groups in total. The standard InChI is InChI=1S/C20H24N2O2/c1-15(22-12-11-16-7-3-4-9-18(16)14-22)20(23)21-13-17-8-5-6-10-19(17)24-2/h3-10,15H,11-14H2,1-2H3,(H,21,23). The predicted octanol–water partition coefficient (Wildman–Crippen LogP) is 2.76. The Hall–Kier alpha value is -2.33. The molecule has 0 saturated heterocycles. The number of fused-ring (bicyclic) bond motifs is 1. The number of hydrogen-bond donors (Lipinski definition) is 1. The van der Waals surface area contributed by atoms with Crippen LogP contribution in [0.1, 0.15) is 23.6 Å². The molecule has 0 bridgehead atoms. The number of nitrogens with one attached hydrogen (secondary N) is 1.